The Morgan fingerprint density at radius 2 is 2.53 bits per heavy atom. The van der Waals surface area contributed by atoms with Gasteiger partial charge in [-0.15, -0.1) is 11.3 Å². The van der Waals surface area contributed by atoms with Crippen molar-refractivity contribution in [2.75, 3.05) is 20.2 Å². The van der Waals surface area contributed by atoms with Crippen molar-refractivity contribution in [1.29, 1.82) is 0 Å². The molecule has 0 bridgehead atoms. The predicted octanol–water partition coefficient (Wildman–Crippen LogP) is 2.20. The van der Waals surface area contributed by atoms with Crippen molar-refractivity contribution in [3.8, 4) is 5.88 Å². The second kappa shape index (κ2) is 5.71. The highest BCUT2D eigenvalue weighted by Gasteiger charge is 2.24. The molecule has 1 atom stereocenters. The zero-order valence-electron chi connectivity index (χ0n) is 10.9. The van der Waals surface area contributed by atoms with Crippen LogP contribution in [0.5, 0.6) is 5.88 Å². The van der Waals surface area contributed by atoms with Crippen LogP contribution >= 0.6 is 11.3 Å². The van der Waals surface area contributed by atoms with Gasteiger partial charge in [-0.05, 0) is 24.0 Å². The molecule has 0 N–H and O–H groups in total. The summed E-state index contributed by atoms with van der Waals surface area (Å²) in [5, 5.41) is 7.11. The lowest BCUT2D eigenvalue weighted by Crippen LogP contribution is -2.20. The molecule has 2 aromatic heterocycles. The molecule has 5 nitrogen and oxygen atoms in total. The number of ether oxygens (including phenoxy) is 1. The van der Waals surface area contributed by atoms with E-state index >= 15 is 0 Å². The van der Waals surface area contributed by atoms with Crippen molar-refractivity contribution in [2.24, 2.45) is 5.92 Å². The topological polar surface area (TPSA) is 51.4 Å². The van der Waals surface area contributed by atoms with Gasteiger partial charge in [0.2, 0.25) is 0 Å². The van der Waals surface area contributed by atoms with Crippen LogP contribution in [0.2, 0.25) is 0 Å². The van der Waals surface area contributed by atoms with E-state index < -0.39 is 0 Å². The van der Waals surface area contributed by atoms with Gasteiger partial charge < -0.3 is 9.26 Å². The molecule has 102 valence electrons. The molecule has 19 heavy (non-hydrogen) atoms. The fourth-order valence-electron chi connectivity index (χ4n) is 2.51. The normalized spacial score (nSPS) is 19.9. The fraction of sp³-hybridized carbons (Fsp3) is 0.538. The van der Waals surface area contributed by atoms with E-state index in [0.717, 1.165) is 31.8 Å². The summed E-state index contributed by atoms with van der Waals surface area (Å²) < 4.78 is 10.3. The van der Waals surface area contributed by atoms with E-state index in [9.17, 15) is 0 Å². The molecule has 0 aromatic carbocycles. The third-order valence-electron chi connectivity index (χ3n) is 3.44. The number of thiazole rings is 1. The predicted molar refractivity (Wildman–Crippen MR) is 72.3 cm³/mol. The summed E-state index contributed by atoms with van der Waals surface area (Å²) in [6.45, 7) is 3.02. The van der Waals surface area contributed by atoms with Gasteiger partial charge in [0.1, 0.15) is 0 Å². The van der Waals surface area contributed by atoms with Crippen molar-refractivity contribution in [3.63, 3.8) is 0 Å². The van der Waals surface area contributed by atoms with Crippen LogP contribution in [0, 0.1) is 5.92 Å². The lowest BCUT2D eigenvalue weighted by atomic mass is 10.1. The van der Waals surface area contributed by atoms with Gasteiger partial charge in [-0.3, -0.25) is 4.90 Å². The van der Waals surface area contributed by atoms with Crippen LogP contribution in [0.1, 0.15) is 17.2 Å². The maximum atomic E-state index is 5.23. The van der Waals surface area contributed by atoms with Gasteiger partial charge in [-0.1, -0.05) is 0 Å². The highest BCUT2D eigenvalue weighted by atomic mass is 32.1. The van der Waals surface area contributed by atoms with Crippen LogP contribution in [0.25, 0.3) is 0 Å². The molecule has 3 heterocycles. The minimum Gasteiger partial charge on any atom is -0.479 e. The van der Waals surface area contributed by atoms with Gasteiger partial charge in [0, 0.05) is 30.6 Å². The van der Waals surface area contributed by atoms with E-state index in [2.05, 4.69) is 15.0 Å². The summed E-state index contributed by atoms with van der Waals surface area (Å²) in [6, 6.07) is 1.86. The summed E-state index contributed by atoms with van der Waals surface area (Å²) in [6.07, 6.45) is 4.20. The molecule has 1 aliphatic heterocycles. The first-order chi connectivity index (χ1) is 9.33. The molecular weight excluding hydrogens is 262 g/mol. The summed E-state index contributed by atoms with van der Waals surface area (Å²) >= 11 is 1.75. The maximum Gasteiger partial charge on any atom is 0.254 e. The van der Waals surface area contributed by atoms with Crippen molar-refractivity contribution in [1.82, 2.24) is 15.0 Å². The Hall–Kier alpha value is -1.40. The first kappa shape index (κ1) is 12.6. The highest BCUT2D eigenvalue weighted by Crippen LogP contribution is 2.23. The van der Waals surface area contributed by atoms with Crippen LogP contribution in [0.3, 0.4) is 0 Å². The molecule has 1 saturated heterocycles. The lowest BCUT2D eigenvalue weighted by molar-refractivity contribution is 0.260. The van der Waals surface area contributed by atoms with Crippen molar-refractivity contribution in [3.05, 3.63) is 28.4 Å². The van der Waals surface area contributed by atoms with Crippen molar-refractivity contribution >= 4 is 11.3 Å². The molecule has 0 radical (unpaired) electrons. The quantitative estimate of drug-likeness (QED) is 0.840. The number of nitrogens with zero attached hydrogens (tertiary/aromatic N) is 3. The van der Waals surface area contributed by atoms with Gasteiger partial charge in [-0.25, -0.2) is 4.98 Å². The molecule has 0 spiro atoms. The SMILES string of the molecule is COc1cc(CN2CCC(Cc3nccs3)C2)on1. The zero-order chi connectivity index (χ0) is 13.1. The molecule has 0 aliphatic carbocycles. The Bertz CT molecular complexity index is 512. The minimum absolute atomic E-state index is 0.550. The van der Waals surface area contributed by atoms with Crippen LogP contribution in [0.15, 0.2) is 22.2 Å². The highest BCUT2D eigenvalue weighted by molar-refractivity contribution is 7.09. The van der Waals surface area contributed by atoms with Crippen LogP contribution < -0.4 is 4.74 Å². The van der Waals surface area contributed by atoms with Gasteiger partial charge in [0.15, 0.2) is 5.76 Å². The number of likely N-dealkylation sites (tertiary alicyclic amines) is 1. The third-order valence-corrected chi connectivity index (χ3v) is 4.24. The Kier molecular flexibility index (Phi) is 3.79. The maximum absolute atomic E-state index is 5.23. The van der Waals surface area contributed by atoms with E-state index in [0.29, 0.717) is 11.8 Å². The van der Waals surface area contributed by atoms with Gasteiger partial charge in [-0.2, -0.15) is 0 Å². The number of aromatic nitrogens is 2. The second-order valence-electron chi connectivity index (χ2n) is 4.86. The summed E-state index contributed by atoms with van der Waals surface area (Å²) in [5.41, 5.74) is 0. The van der Waals surface area contributed by atoms with E-state index in [1.807, 2.05) is 17.6 Å². The first-order valence-corrected chi connectivity index (χ1v) is 7.32. The first-order valence-electron chi connectivity index (χ1n) is 6.44. The van der Waals surface area contributed by atoms with Crippen molar-refractivity contribution in [2.45, 2.75) is 19.4 Å². The molecule has 6 heteroatoms. The monoisotopic (exact) mass is 279 g/mol. The lowest BCUT2D eigenvalue weighted by Gasteiger charge is -2.13. The van der Waals surface area contributed by atoms with Crippen molar-refractivity contribution < 1.29 is 9.26 Å². The number of hydrogen-bond donors (Lipinski definition) is 0. The van der Waals surface area contributed by atoms with E-state index in [-0.39, 0.29) is 0 Å². The molecule has 1 aliphatic rings. The molecule has 1 unspecified atom stereocenters. The number of hydrogen-bond acceptors (Lipinski definition) is 6. The van der Waals surface area contributed by atoms with Gasteiger partial charge in [0.25, 0.3) is 5.88 Å². The largest absolute Gasteiger partial charge is 0.479 e. The summed E-state index contributed by atoms with van der Waals surface area (Å²) in [4.78, 5) is 6.76. The van der Waals surface area contributed by atoms with E-state index in [1.54, 1.807) is 18.4 Å². The van der Waals surface area contributed by atoms with Crippen LogP contribution in [-0.4, -0.2) is 35.2 Å². The number of methoxy groups -OCH3 is 1. The number of rotatable bonds is 5. The Morgan fingerprint density at radius 1 is 1.58 bits per heavy atom. The second-order valence-corrected chi connectivity index (χ2v) is 5.83. The Labute approximate surface area is 116 Å². The zero-order valence-corrected chi connectivity index (χ0v) is 11.7. The standard InChI is InChI=1S/C13H17N3O2S/c1-17-12-7-11(18-15-12)9-16-4-2-10(8-16)6-13-14-3-5-19-13/h3,5,7,10H,2,4,6,8-9H2,1H3. The average Bonchev–Trinajstić information content (AvgIpc) is 3.13. The molecule has 2 aromatic rings. The summed E-state index contributed by atoms with van der Waals surface area (Å²) in [7, 11) is 1.60. The van der Waals surface area contributed by atoms with E-state index in [1.165, 1.54) is 11.4 Å². The Morgan fingerprint density at radius 3 is 3.26 bits per heavy atom. The van der Waals surface area contributed by atoms with E-state index in [4.69, 9.17) is 9.26 Å². The van der Waals surface area contributed by atoms with Gasteiger partial charge in [0.05, 0.1) is 18.7 Å². The average molecular weight is 279 g/mol. The molecule has 1 fully saturated rings. The Balaban J connectivity index is 1.51. The van der Waals surface area contributed by atoms with Crippen LogP contribution in [-0.2, 0) is 13.0 Å². The third kappa shape index (κ3) is 3.13. The summed E-state index contributed by atoms with van der Waals surface area (Å²) in [5.74, 6) is 2.12. The molecule has 3 rings (SSSR count). The van der Waals surface area contributed by atoms with Gasteiger partial charge >= 0.3 is 0 Å². The minimum atomic E-state index is 0.550. The smallest absolute Gasteiger partial charge is 0.254 e. The van der Waals surface area contributed by atoms with Crippen LogP contribution in [0.4, 0.5) is 0 Å². The molecular formula is C13H17N3O2S. The molecule has 0 saturated carbocycles. The fourth-order valence-corrected chi connectivity index (χ4v) is 3.24. The molecule has 0 amide bonds.